The average Bonchev–Trinajstić information content (AvgIpc) is 2.50. The van der Waals surface area contributed by atoms with Crippen molar-refractivity contribution in [1.82, 2.24) is 0 Å². The third-order valence-electron chi connectivity index (χ3n) is 3.99. The Hall–Kier alpha value is -1.02. The van der Waals surface area contributed by atoms with Crippen molar-refractivity contribution < 1.29 is 4.74 Å². The Bertz CT molecular complexity index is 364. The van der Waals surface area contributed by atoms with Gasteiger partial charge in [0.2, 0.25) is 0 Å². The van der Waals surface area contributed by atoms with Gasteiger partial charge in [-0.1, -0.05) is 76.5 Å². The van der Waals surface area contributed by atoms with E-state index in [0.717, 1.165) is 17.7 Å². The zero-order chi connectivity index (χ0) is 15.3. The minimum atomic E-state index is 0.104. The molecule has 0 aliphatic carbocycles. The van der Waals surface area contributed by atoms with E-state index >= 15 is 0 Å². The summed E-state index contributed by atoms with van der Waals surface area (Å²) in [5.74, 6) is 0.951. The van der Waals surface area contributed by atoms with Crippen LogP contribution in [0.15, 0.2) is 24.3 Å². The molecule has 1 unspecified atom stereocenters. The van der Waals surface area contributed by atoms with Crippen LogP contribution < -0.4 is 10.5 Å². The van der Waals surface area contributed by atoms with Crippen molar-refractivity contribution in [3.63, 3.8) is 0 Å². The largest absolute Gasteiger partial charge is 0.494 e. The molecule has 0 saturated carbocycles. The van der Waals surface area contributed by atoms with E-state index in [-0.39, 0.29) is 6.04 Å². The van der Waals surface area contributed by atoms with Gasteiger partial charge in [0, 0.05) is 11.6 Å². The van der Waals surface area contributed by atoms with Crippen LogP contribution in [0.25, 0.3) is 0 Å². The van der Waals surface area contributed by atoms with Crippen LogP contribution in [0.1, 0.15) is 83.2 Å². The average molecular weight is 291 g/mol. The number of nitrogens with two attached hydrogens (primary N) is 1. The van der Waals surface area contributed by atoms with Crippen LogP contribution in [0.3, 0.4) is 0 Å². The van der Waals surface area contributed by atoms with E-state index in [0.29, 0.717) is 6.61 Å². The Balaban J connectivity index is 2.20. The Kier molecular flexibility index (Phi) is 9.98. The summed E-state index contributed by atoms with van der Waals surface area (Å²) in [6.45, 7) is 4.98. The van der Waals surface area contributed by atoms with E-state index < -0.39 is 0 Å². The zero-order valence-electron chi connectivity index (χ0n) is 13.9. The predicted octanol–water partition coefficient (Wildman–Crippen LogP) is 5.62. The fourth-order valence-corrected chi connectivity index (χ4v) is 2.73. The first kappa shape index (κ1) is 18.0. The lowest BCUT2D eigenvalue weighted by Gasteiger charge is -2.16. The molecule has 0 spiro atoms. The maximum atomic E-state index is 6.33. The van der Waals surface area contributed by atoms with Crippen LogP contribution in [0.5, 0.6) is 5.75 Å². The van der Waals surface area contributed by atoms with Gasteiger partial charge in [0.05, 0.1) is 6.61 Å². The predicted molar refractivity (Wildman–Crippen MR) is 91.8 cm³/mol. The molecule has 2 heteroatoms. The molecule has 2 N–H and O–H groups in total. The van der Waals surface area contributed by atoms with Gasteiger partial charge >= 0.3 is 0 Å². The molecule has 0 saturated heterocycles. The van der Waals surface area contributed by atoms with E-state index in [2.05, 4.69) is 13.0 Å². The second-order valence-electron chi connectivity index (χ2n) is 5.84. The summed E-state index contributed by atoms with van der Waals surface area (Å²) < 4.78 is 5.66. The Morgan fingerprint density at radius 3 is 2.19 bits per heavy atom. The molecule has 0 aliphatic rings. The smallest absolute Gasteiger partial charge is 0.124 e. The number of ether oxygens (including phenoxy) is 1. The number of para-hydroxylation sites is 1. The van der Waals surface area contributed by atoms with Gasteiger partial charge in [-0.25, -0.2) is 0 Å². The van der Waals surface area contributed by atoms with Crippen LogP contribution in [0.4, 0.5) is 0 Å². The van der Waals surface area contributed by atoms with E-state index in [4.69, 9.17) is 10.5 Å². The van der Waals surface area contributed by atoms with Gasteiger partial charge in [0.25, 0.3) is 0 Å². The second-order valence-corrected chi connectivity index (χ2v) is 5.84. The minimum absolute atomic E-state index is 0.104. The molecule has 1 rings (SSSR count). The summed E-state index contributed by atoms with van der Waals surface area (Å²) in [4.78, 5) is 0. The molecule has 1 aromatic rings. The molecule has 2 nitrogen and oxygen atoms in total. The molecule has 0 fully saturated rings. The van der Waals surface area contributed by atoms with Crippen molar-refractivity contribution in [2.24, 2.45) is 5.73 Å². The molecule has 1 aromatic carbocycles. The Morgan fingerprint density at radius 1 is 0.905 bits per heavy atom. The van der Waals surface area contributed by atoms with E-state index in [1.54, 1.807) is 0 Å². The maximum Gasteiger partial charge on any atom is 0.124 e. The second kappa shape index (κ2) is 11.6. The fourth-order valence-electron chi connectivity index (χ4n) is 2.73. The van der Waals surface area contributed by atoms with Crippen LogP contribution >= 0.6 is 0 Å². The summed E-state index contributed by atoms with van der Waals surface area (Å²) in [6.07, 6.45) is 11.8. The number of benzene rings is 1. The third-order valence-corrected chi connectivity index (χ3v) is 3.99. The van der Waals surface area contributed by atoms with Gasteiger partial charge in [-0.2, -0.15) is 0 Å². The molecular weight excluding hydrogens is 258 g/mol. The summed E-state index contributed by atoms with van der Waals surface area (Å²) in [5.41, 5.74) is 7.48. The number of hydrogen-bond donors (Lipinski definition) is 1. The van der Waals surface area contributed by atoms with Crippen molar-refractivity contribution in [2.45, 2.75) is 77.7 Å². The first-order valence-electron chi connectivity index (χ1n) is 8.76. The standard InChI is InChI=1S/C19H33NO/c1-3-5-6-7-8-9-10-11-15-18(20)17-14-12-13-16-19(17)21-4-2/h12-14,16,18H,3-11,15,20H2,1-2H3. The van der Waals surface area contributed by atoms with Crippen LogP contribution in [0.2, 0.25) is 0 Å². The zero-order valence-corrected chi connectivity index (χ0v) is 13.9. The van der Waals surface area contributed by atoms with E-state index in [1.807, 2.05) is 25.1 Å². The highest BCUT2D eigenvalue weighted by atomic mass is 16.5. The summed E-state index contributed by atoms with van der Waals surface area (Å²) >= 11 is 0. The number of unbranched alkanes of at least 4 members (excludes halogenated alkanes) is 7. The van der Waals surface area contributed by atoms with Crippen molar-refractivity contribution in [1.29, 1.82) is 0 Å². The lowest BCUT2D eigenvalue weighted by atomic mass is 9.99. The maximum absolute atomic E-state index is 6.33. The first-order valence-corrected chi connectivity index (χ1v) is 8.76. The SMILES string of the molecule is CCCCCCCCCCC(N)c1ccccc1OCC. The molecule has 0 amide bonds. The van der Waals surface area contributed by atoms with Gasteiger partial charge in [-0.15, -0.1) is 0 Å². The van der Waals surface area contributed by atoms with Gasteiger partial charge in [-0.3, -0.25) is 0 Å². The lowest BCUT2D eigenvalue weighted by molar-refractivity contribution is 0.333. The molecule has 0 heterocycles. The monoisotopic (exact) mass is 291 g/mol. The van der Waals surface area contributed by atoms with Gasteiger partial charge in [-0.05, 0) is 19.4 Å². The molecule has 0 aromatic heterocycles. The van der Waals surface area contributed by atoms with E-state index in [9.17, 15) is 0 Å². The summed E-state index contributed by atoms with van der Waals surface area (Å²) in [7, 11) is 0. The van der Waals surface area contributed by atoms with Gasteiger partial charge < -0.3 is 10.5 Å². The lowest BCUT2D eigenvalue weighted by Crippen LogP contribution is -2.12. The highest BCUT2D eigenvalue weighted by molar-refractivity contribution is 5.35. The van der Waals surface area contributed by atoms with Crippen molar-refractivity contribution in [3.05, 3.63) is 29.8 Å². The highest BCUT2D eigenvalue weighted by Gasteiger charge is 2.11. The molecule has 1 atom stereocenters. The van der Waals surface area contributed by atoms with Crippen molar-refractivity contribution >= 4 is 0 Å². The Morgan fingerprint density at radius 2 is 1.52 bits per heavy atom. The molecule has 120 valence electrons. The highest BCUT2D eigenvalue weighted by Crippen LogP contribution is 2.27. The van der Waals surface area contributed by atoms with E-state index in [1.165, 1.54) is 51.4 Å². The molecule has 0 bridgehead atoms. The van der Waals surface area contributed by atoms with Crippen LogP contribution in [0, 0.1) is 0 Å². The number of hydrogen-bond acceptors (Lipinski definition) is 2. The summed E-state index contributed by atoms with van der Waals surface area (Å²) in [5, 5.41) is 0. The van der Waals surface area contributed by atoms with Gasteiger partial charge in [0.15, 0.2) is 0 Å². The molecule has 0 radical (unpaired) electrons. The number of rotatable bonds is 12. The van der Waals surface area contributed by atoms with Gasteiger partial charge in [0.1, 0.15) is 5.75 Å². The fraction of sp³-hybridized carbons (Fsp3) is 0.684. The quantitative estimate of drug-likeness (QED) is 0.507. The van der Waals surface area contributed by atoms with Crippen molar-refractivity contribution in [2.75, 3.05) is 6.61 Å². The first-order chi connectivity index (χ1) is 10.3. The molecular formula is C19H33NO. The van der Waals surface area contributed by atoms with Crippen LogP contribution in [-0.2, 0) is 0 Å². The molecule has 21 heavy (non-hydrogen) atoms. The minimum Gasteiger partial charge on any atom is -0.494 e. The van der Waals surface area contributed by atoms with Crippen molar-refractivity contribution in [3.8, 4) is 5.75 Å². The Labute approximate surface area is 131 Å². The normalized spacial score (nSPS) is 12.3. The third kappa shape index (κ3) is 7.52. The topological polar surface area (TPSA) is 35.2 Å². The van der Waals surface area contributed by atoms with Crippen LogP contribution in [-0.4, -0.2) is 6.61 Å². The summed E-state index contributed by atoms with van der Waals surface area (Å²) in [6, 6.07) is 8.28. The molecule has 0 aliphatic heterocycles.